The zero-order valence-electron chi connectivity index (χ0n) is 8.59. The summed E-state index contributed by atoms with van der Waals surface area (Å²) in [6.45, 7) is 8.10. The Morgan fingerprint density at radius 3 is 2.31 bits per heavy atom. The van der Waals surface area contributed by atoms with E-state index in [1.165, 1.54) is 0 Å². The molecule has 3 heteroatoms. The van der Waals surface area contributed by atoms with Crippen LogP contribution in [0, 0.1) is 17.8 Å². The molecule has 1 saturated heterocycles. The summed E-state index contributed by atoms with van der Waals surface area (Å²) in [5.41, 5.74) is 0. The number of rotatable bonds is 2. The van der Waals surface area contributed by atoms with Gasteiger partial charge in [0.15, 0.2) is 0 Å². The molecule has 0 bridgehead atoms. The SMILES string of the molecule is CC(CCl)C(=O)N1CC(C)C(C)C1. The molecule has 0 aromatic carbocycles. The van der Waals surface area contributed by atoms with Crippen molar-refractivity contribution in [1.82, 2.24) is 4.90 Å². The van der Waals surface area contributed by atoms with Crippen LogP contribution in [0.2, 0.25) is 0 Å². The average molecular weight is 204 g/mol. The van der Waals surface area contributed by atoms with Crippen LogP contribution >= 0.6 is 11.6 Å². The van der Waals surface area contributed by atoms with Crippen molar-refractivity contribution in [3.8, 4) is 0 Å². The molecule has 0 saturated carbocycles. The Morgan fingerprint density at radius 1 is 1.46 bits per heavy atom. The molecule has 1 rings (SSSR count). The second-order valence-electron chi connectivity index (χ2n) is 4.25. The molecule has 3 atom stereocenters. The predicted molar refractivity (Wildman–Crippen MR) is 54.8 cm³/mol. The van der Waals surface area contributed by atoms with Gasteiger partial charge in [-0.25, -0.2) is 0 Å². The Kier molecular flexibility index (Phi) is 3.60. The maximum atomic E-state index is 11.7. The summed E-state index contributed by atoms with van der Waals surface area (Å²) in [5, 5.41) is 0. The highest BCUT2D eigenvalue weighted by Gasteiger charge is 2.30. The zero-order valence-corrected chi connectivity index (χ0v) is 9.34. The van der Waals surface area contributed by atoms with E-state index >= 15 is 0 Å². The highest BCUT2D eigenvalue weighted by molar-refractivity contribution is 6.19. The fraction of sp³-hybridized carbons (Fsp3) is 0.900. The summed E-state index contributed by atoms with van der Waals surface area (Å²) in [6, 6.07) is 0. The van der Waals surface area contributed by atoms with Crippen LogP contribution in [0.1, 0.15) is 20.8 Å². The van der Waals surface area contributed by atoms with Gasteiger partial charge in [-0.2, -0.15) is 0 Å². The number of carbonyl (C=O) groups excluding carboxylic acids is 1. The number of carbonyl (C=O) groups is 1. The summed E-state index contributed by atoms with van der Waals surface area (Å²) in [4.78, 5) is 13.7. The van der Waals surface area contributed by atoms with Gasteiger partial charge in [0, 0.05) is 24.9 Å². The molecule has 13 heavy (non-hydrogen) atoms. The van der Waals surface area contributed by atoms with Crippen LogP contribution in [0.3, 0.4) is 0 Å². The normalized spacial score (nSPS) is 30.6. The van der Waals surface area contributed by atoms with Gasteiger partial charge in [0.1, 0.15) is 0 Å². The smallest absolute Gasteiger partial charge is 0.226 e. The second-order valence-corrected chi connectivity index (χ2v) is 4.56. The van der Waals surface area contributed by atoms with Gasteiger partial charge in [-0.1, -0.05) is 20.8 Å². The van der Waals surface area contributed by atoms with Crippen LogP contribution in [0.25, 0.3) is 0 Å². The molecule has 0 aromatic rings. The van der Waals surface area contributed by atoms with Crippen LogP contribution in [0.5, 0.6) is 0 Å². The van der Waals surface area contributed by atoms with Crippen molar-refractivity contribution in [2.45, 2.75) is 20.8 Å². The van der Waals surface area contributed by atoms with Gasteiger partial charge in [-0.3, -0.25) is 4.79 Å². The summed E-state index contributed by atoms with van der Waals surface area (Å²) in [6.07, 6.45) is 0. The molecular formula is C10H18ClNO. The molecule has 0 spiro atoms. The number of amides is 1. The lowest BCUT2D eigenvalue weighted by Crippen LogP contribution is -2.34. The molecular weight excluding hydrogens is 186 g/mol. The average Bonchev–Trinajstić information content (AvgIpc) is 2.44. The minimum absolute atomic E-state index is 0.0285. The molecule has 0 aromatic heterocycles. The molecule has 1 fully saturated rings. The summed E-state index contributed by atoms with van der Waals surface area (Å²) >= 11 is 5.65. The Labute approximate surface area is 85.2 Å². The lowest BCUT2D eigenvalue weighted by Gasteiger charge is -2.19. The largest absolute Gasteiger partial charge is 0.342 e. The van der Waals surface area contributed by atoms with Crippen molar-refractivity contribution in [2.24, 2.45) is 17.8 Å². The van der Waals surface area contributed by atoms with Gasteiger partial charge in [-0.15, -0.1) is 11.6 Å². The van der Waals surface area contributed by atoms with Crippen molar-refractivity contribution in [3.05, 3.63) is 0 Å². The lowest BCUT2D eigenvalue weighted by atomic mass is 10.0. The van der Waals surface area contributed by atoms with Crippen molar-refractivity contribution >= 4 is 17.5 Å². The van der Waals surface area contributed by atoms with Gasteiger partial charge in [-0.05, 0) is 11.8 Å². The number of nitrogens with zero attached hydrogens (tertiary/aromatic N) is 1. The first-order valence-corrected chi connectivity index (χ1v) is 5.44. The van der Waals surface area contributed by atoms with Crippen LogP contribution in [-0.2, 0) is 4.79 Å². The second kappa shape index (κ2) is 4.32. The van der Waals surface area contributed by atoms with E-state index in [1.807, 2.05) is 11.8 Å². The van der Waals surface area contributed by atoms with Crippen LogP contribution in [-0.4, -0.2) is 29.8 Å². The fourth-order valence-electron chi connectivity index (χ4n) is 1.69. The third-order valence-corrected chi connectivity index (χ3v) is 3.42. The molecule has 76 valence electrons. The highest BCUT2D eigenvalue weighted by Crippen LogP contribution is 2.23. The van der Waals surface area contributed by atoms with Crippen LogP contribution in [0.15, 0.2) is 0 Å². The van der Waals surface area contributed by atoms with Crippen molar-refractivity contribution in [2.75, 3.05) is 19.0 Å². The van der Waals surface area contributed by atoms with Crippen molar-refractivity contribution in [3.63, 3.8) is 0 Å². The van der Waals surface area contributed by atoms with Gasteiger partial charge in [0.25, 0.3) is 0 Å². The molecule has 2 nitrogen and oxygen atoms in total. The molecule has 1 aliphatic rings. The van der Waals surface area contributed by atoms with Crippen LogP contribution < -0.4 is 0 Å². The molecule has 1 heterocycles. The highest BCUT2D eigenvalue weighted by atomic mass is 35.5. The van der Waals surface area contributed by atoms with E-state index in [0.717, 1.165) is 13.1 Å². The molecule has 1 aliphatic heterocycles. The summed E-state index contributed by atoms with van der Waals surface area (Å²) in [7, 11) is 0. The maximum Gasteiger partial charge on any atom is 0.226 e. The fourth-order valence-corrected chi connectivity index (χ4v) is 1.82. The first-order valence-electron chi connectivity index (χ1n) is 4.91. The third-order valence-electron chi connectivity index (χ3n) is 2.95. The van der Waals surface area contributed by atoms with Gasteiger partial charge in [0.05, 0.1) is 0 Å². The molecule has 1 amide bonds. The van der Waals surface area contributed by atoms with Gasteiger partial charge < -0.3 is 4.90 Å². The van der Waals surface area contributed by atoms with Crippen LogP contribution in [0.4, 0.5) is 0 Å². The standard InChI is InChI=1S/C10H18ClNO/c1-7(4-11)10(13)12-5-8(2)9(3)6-12/h7-9H,4-6H2,1-3H3. The van der Waals surface area contributed by atoms with E-state index < -0.39 is 0 Å². The maximum absolute atomic E-state index is 11.7. The molecule has 3 unspecified atom stereocenters. The third kappa shape index (κ3) is 2.37. The van der Waals surface area contributed by atoms with Gasteiger partial charge >= 0.3 is 0 Å². The first kappa shape index (κ1) is 10.8. The topological polar surface area (TPSA) is 20.3 Å². The van der Waals surface area contributed by atoms with E-state index in [-0.39, 0.29) is 11.8 Å². The van der Waals surface area contributed by atoms with E-state index in [9.17, 15) is 4.79 Å². The van der Waals surface area contributed by atoms with E-state index in [1.54, 1.807) is 0 Å². The Morgan fingerprint density at radius 2 is 1.92 bits per heavy atom. The quantitative estimate of drug-likeness (QED) is 0.629. The minimum Gasteiger partial charge on any atom is -0.342 e. The Hall–Kier alpha value is -0.240. The predicted octanol–water partition coefficient (Wildman–Crippen LogP) is 1.98. The van der Waals surface area contributed by atoms with Gasteiger partial charge in [0.2, 0.25) is 5.91 Å². The zero-order chi connectivity index (χ0) is 10.0. The number of alkyl halides is 1. The number of likely N-dealkylation sites (tertiary alicyclic amines) is 1. The Bertz CT molecular complexity index is 185. The number of halogens is 1. The number of hydrogen-bond donors (Lipinski definition) is 0. The van der Waals surface area contributed by atoms with Crippen molar-refractivity contribution < 1.29 is 4.79 Å². The van der Waals surface area contributed by atoms with E-state index in [0.29, 0.717) is 17.7 Å². The Balaban J connectivity index is 2.50. The molecule has 0 radical (unpaired) electrons. The first-order chi connectivity index (χ1) is 6.06. The van der Waals surface area contributed by atoms with Crippen molar-refractivity contribution in [1.29, 1.82) is 0 Å². The summed E-state index contributed by atoms with van der Waals surface area (Å²) < 4.78 is 0. The van der Waals surface area contributed by atoms with E-state index in [2.05, 4.69) is 13.8 Å². The monoisotopic (exact) mass is 203 g/mol. The molecule has 0 aliphatic carbocycles. The lowest BCUT2D eigenvalue weighted by molar-refractivity contribution is -0.133. The van der Waals surface area contributed by atoms with E-state index in [4.69, 9.17) is 11.6 Å². The minimum atomic E-state index is -0.0285. The molecule has 0 N–H and O–H groups in total. The summed E-state index contributed by atoms with van der Waals surface area (Å²) in [5.74, 6) is 1.88. The number of hydrogen-bond acceptors (Lipinski definition) is 1.